The van der Waals surface area contributed by atoms with Gasteiger partial charge in [-0.15, -0.1) is 0 Å². The second-order valence-electron chi connectivity index (χ2n) is 3.32. The molecule has 1 heterocycles. The molecule has 4 nitrogen and oxygen atoms in total. The molecular weight excluding hydrogens is 187 g/mol. The van der Waals surface area contributed by atoms with Crippen LogP contribution in [0.25, 0.3) is 0 Å². The van der Waals surface area contributed by atoms with Gasteiger partial charge in [-0.25, -0.2) is 0 Å². The van der Waals surface area contributed by atoms with Gasteiger partial charge in [0.25, 0.3) is 0 Å². The standard InChI is InChI=1S/C9H9FN2O2/c10-8-3-6(7-4-11-5-7)1-2-9(8)12(13)14/h1-3,7,11H,4-5H2. The zero-order chi connectivity index (χ0) is 10.1. The summed E-state index contributed by atoms with van der Waals surface area (Å²) in [5.74, 6) is -0.454. The Labute approximate surface area is 79.9 Å². The molecule has 1 aliphatic heterocycles. The molecule has 1 N–H and O–H groups in total. The van der Waals surface area contributed by atoms with Crippen LogP contribution < -0.4 is 5.32 Å². The number of nitrogens with one attached hydrogen (secondary N) is 1. The number of halogens is 1. The van der Waals surface area contributed by atoms with Crippen LogP contribution in [0, 0.1) is 15.9 Å². The molecule has 0 unspecified atom stereocenters. The fourth-order valence-electron chi connectivity index (χ4n) is 1.45. The lowest BCUT2D eigenvalue weighted by Gasteiger charge is -2.27. The van der Waals surface area contributed by atoms with Crippen LogP contribution in [0.15, 0.2) is 18.2 Å². The molecule has 1 aromatic rings. The van der Waals surface area contributed by atoms with Crippen LogP contribution in [0.1, 0.15) is 11.5 Å². The van der Waals surface area contributed by atoms with Gasteiger partial charge in [0.05, 0.1) is 4.92 Å². The number of hydrogen-bond donors (Lipinski definition) is 1. The summed E-state index contributed by atoms with van der Waals surface area (Å²) in [6.07, 6.45) is 0. The van der Waals surface area contributed by atoms with E-state index in [0.29, 0.717) is 5.92 Å². The molecular formula is C9H9FN2O2. The minimum absolute atomic E-state index is 0.297. The second kappa shape index (κ2) is 3.34. The van der Waals surface area contributed by atoms with Crippen molar-refractivity contribution in [2.24, 2.45) is 0 Å². The first-order valence-corrected chi connectivity index (χ1v) is 4.33. The van der Waals surface area contributed by atoms with Crippen LogP contribution in [0.4, 0.5) is 10.1 Å². The monoisotopic (exact) mass is 196 g/mol. The molecule has 5 heteroatoms. The van der Waals surface area contributed by atoms with Gasteiger partial charge in [0.1, 0.15) is 0 Å². The van der Waals surface area contributed by atoms with E-state index in [9.17, 15) is 14.5 Å². The molecule has 0 aliphatic carbocycles. The van der Waals surface area contributed by atoms with Crippen LogP contribution in [-0.2, 0) is 0 Å². The van der Waals surface area contributed by atoms with E-state index >= 15 is 0 Å². The first kappa shape index (κ1) is 9.08. The third-order valence-electron chi connectivity index (χ3n) is 2.42. The van der Waals surface area contributed by atoms with Gasteiger partial charge in [-0.3, -0.25) is 10.1 Å². The highest BCUT2D eigenvalue weighted by molar-refractivity contribution is 5.37. The molecule has 0 bridgehead atoms. The Hall–Kier alpha value is -1.49. The van der Waals surface area contributed by atoms with Crippen LogP contribution in [0.2, 0.25) is 0 Å². The molecule has 0 amide bonds. The topological polar surface area (TPSA) is 55.2 Å². The zero-order valence-electron chi connectivity index (χ0n) is 7.37. The van der Waals surface area contributed by atoms with Crippen molar-refractivity contribution >= 4 is 5.69 Å². The lowest BCUT2D eigenvalue weighted by atomic mass is 9.93. The molecule has 1 aliphatic rings. The van der Waals surface area contributed by atoms with Crippen molar-refractivity contribution in [1.29, 1.82) is 0 Å². The summed E-state index contributed by atoms with van der Waals surface area (Å²) in [5.41, 5.74) is 0.368. The van der Waals surface area contributed by atoms with E-state index in [-0.39, 0.29) is 0 Å². The van der Waals surface area contributed by atoms with E-state index in [1.54, 1.807) is 6.07 Å². The highest BCUT2D eigenvalue weighted by atomic mass is 19.1. The van der Waals surface area contributed by atoms with Crippen LogP contribution in [0.5, 0.6) is 0 Å². The highest BCUT2D eigenvalue weighted by Crippen LogP contribution is 2.25. The Balaban J connectivity index is 2.30. The molecule has 0 atom stereocenters. The largest absolute Gasteiger partial charge is 0.315 e. The second-order valence-corrected chi connectivity index (χ2v) is 3.32. The van der Waals surface area contributed by atoms with Gasteiger partial charge in [0.15, 0.2) is 0 Å². The maximum Gasteiger partial charge on any atom is 0.304 e. The number of benzene rings is 1. The Bertz CT molecular complexity index is 377. The van der Waals surface area contributed by atoms with Gasteiger partial charge < -0.3 is 5.32 Å². The number of nitrogens with zero attached hydrogens (tertiary/aromatic N) is 1. The molecule has 0 spiro atoms. The van der Waals surface area contributed by atoms with Crippen molar-refractivity contribution in [1.82, 2.24) is 5.32 Å². The lowest BCUT2D eigenvalue weighted by molar-refractivity contribution is -0.387. The normalized spacial score (nSPS) is 16.4. The van der Waals surface area contributed by atoms with Crippen molar-refractivity contribution in [3.8, 4) is 0 Å². The Morgan fingerprint density at radius 2 is 2.21 bits per heavy atom. The van der Waals surface area contributed by atoms with E-state index in [4.69, 9.17) is 0 Å². The van der Waals surface area contributed by atoms with E-state index in [1.807, 2.05) is 0 Å². The predicted molar refractivity (Wildman–Crippen MR) is 48.7 cm³/mol. The van der Waals surface area contributed by atoms with Gasteiger partial charge >= 0.3 is 5.69 Å². The minimum Gasteiger partial charge on any atom is -0.315 e. The Morgan fingerprint density at radius 3 is 2.64 bits per heavy atom. The summed E-state index contributed by atoms with van der Waals surface area (Å²) in [6.45, 7) is 1.63. The maximum absolute atomic E-state index is 13.2. The van der Waals surface area contributed by atoms with Crippen molar-refractivity contribution < 1.29 is 9.31 Å². The zero-order valence-corrected chi connectivity index (χ0v) is 7.37. The Kier molecular flexibility index (Phi) is 2.17. The number of nitro groups is 1. The number of rotatable bonds is 2. The summed E-state index contributed by atoms with van der Waals surface area (Å²) in [4.78, 5) is 9.63. The molecule has 1 fully saturated rings. The SMILES string of the molecule is O=[N+]([O-])c1ccc(C2CNC2)cc1F. The average Bonchev–Trinajstić information content (AvgIpc) is 2.00. The molecule has 0 radical (unpaired) electrons. The van der Waals surface area contributed by atoms with Crippen LogP contribution >= 0.6 is 0 Å². The summed E-state index contributed by atoms with van der Waals surface area (Å²) in [5, 5.41) is 13.4. The predicted octanol–water partition coefficient (Wildman–Crippen LogP) is 1.42. The van der Waals surface area contributed by atoms with Gasteiger partial charge in [-0.05, 0) is 11.6 Å². The summed E-state index contributed by atoms with van der Waals surface area (Å²) in [7, 11) is 0. The quantitative estimate of drug-likeness (QED) is 0.575. The molecule has 1 aromatic carbocycles. The Morgan fingerprint density at radius 1 is 1.50 bits per heavy atom. The van der Waals surface area contributed by atoms with Gasteiger partial charge in [-0.2, -0.15) is 4.39 Å². The number of nitro benzene ring substituents is 1. The van der Waals surface area contributed by atoms with Gasteiger partial charge in [-0.1, -0.05) is 6.07 Å². The van der Waals surface area contributed by atoms with Crippen LogP contribution in [0.3, 0.4) is 0 Å². The van der Waals surface area contributed by atoms with Crippen LogP contribution in [-0.4, -0.2) is 18.0 Å². The molecule has 74 valence electrons. The van der Waals surface area contributed by atoms with Crippen molar-refractivity contribution in [2.45, 2.75) is 5.92 Å². The smallest absolute Gasteiger partial charge is 0.304 e. The molecule has 2 rings (SSSR count). The van der Waals surface area contributed by atoms with Crippen molar-refractivity contribution in [2.75, 3.05) is 13.1 Å². The third-order valence-corrected chi connectivity index (χ3v) is 2.42. The van der Waals surface area contributed by atoms with Gasteiger partial charge in [0.2, 0.25) is 5.82 Å². The summed E-state index contributed by atoms with van der Waals surface area (Å²) < 4.78 is 13.2. The first-order valence-electron chi connectivity index (χ1n) is 4.33. The first-order chi connectivity index (χ1) is 6.68. The molecule has 1 saturated heterocycles. The maximum atomic E-state index is 13.2. The van der Waals surface area contributed by atoms with Crippen molar-refractivity contribution in [3.63, 3.8) is 0 Å². The molecule has 14 heavy (non-hydrogen) atoms. The molecule has 0 saturated carbocycles. The van der Waals surface area contributed by atoms with E-state index in [0.717, 1.165) is 18.7 Å². The van der Waals surface area contributed by atoms with E-state index < -0.39 is 16.4 Å². The lowest BCUT2D eigenvalue weighted by Crippen LogP contribution is -2.39. The van der Waals surface area contributed by atoms with E-state index in [1.165, 1.54) is 12.1 Å². The summed E-state index contributed by atoms with van der Waals surface area (Å²) in [6, 6.07) is 4.10. The third kappa shape index (κ3) is 1.46. The van der Waals surface area contributed by atoms with Gasteiger partial charge in [0, 0.05) is 25.1 Å². The van der Waals surface area contributed by atoms with Crippen molar-refractivity contribution in [3.05, 3.63) is 39.7 Å². The highest BCUT2D eigenvalue weighted by Gasteiger charge is 2.22. The number of hydrogen-bond acceptors (Lipinski definition) is 3. The summed E-state index contributed by atoms with van der Waals surface area (Å²) >= 11 is 0. The molecule has 0 aromatic heterocycles. The fraction of sp³-hybridized carbons (Fsp3) is 0.333. The minimum atomic E-state index is -0.751. The fourth-order valence-corrected chi connectivity index (χ4v) is 1.45. The average molecular weight is 196 g/mol. The van der Waals surface area contributed by atoms with E-state index in [2.05, 4.69) is 5.32 Å².